The molecular weight excluding hydrogens is 242 g/mol. The number of nitrogens with zero attached hydrogens (tertiary/aromatic N) is 1. The first-order chi connectivity index (χ1) is 9.09. The van der Waals surface area contributed by atoms with Crippen molar-refractivity contribution in [2.45, 2.75) is 25.7 Å². The van der Waals surface area contributed by atoms with Crippen molar-refractivity contribution in [1.29, 1.82) is 0 Å². The van der Waals surface area contributed by atoms with Gasteiger partial charge in [-0.25, -0.2) is 0 Å². The highest BCUT2D eigenvalue weighted by Crippen LogP contribution is 2.29. The molecule has 4 heteroatoms. The van der Waals surface area contributed by atoms with Crippen LogP contribution in [0, 0.1) is 0 Å². The number of hydrogen-bond acceptors (Lipinski definition) is 3. The number of ketones is 1. The number of fused-ring (bicyclic) bond motifs is 1. The van der Waals surface area contributed by atoms with Crippen molar-refractivity contribution in [2.24, 2.45) is 0 Å². The van der Waals surface area contributed by atoms with E-state index in [1.54, 1.807) is 19.0 Å². The zero-order chi connectivity index (χ0) is 13.8. The monoisotopic (exact) mass is 261 g/mol. The topological polar surface area (TPSA) is 46.6 Å². The maximum Gasteiger partial charge on any atom is 0.225 e. The van der Waals surface area contributed by atoms with Crippen LogP contribution in [0.3, 0.4) is 0 Å². The van der Waals surface area contributed by atoms with Crippen LogP contribution in [0.25, 0.3) is 0 Å². The van der Waals surface area contributed by atoms with E-state index < -0.39 is 0 Å². The van der Waals surface area contributed by atoms with E-state index in [0.717, 1.165) is 29.7 Å². The Kier molecular flexibility index (Phi) is 4.20. The maximum atomic E-state index is 11.8. The van der Waals surface area contributed by atoms with Crippen LogP contribution in [0.1, 0.15) is 35.2 Å². The number of carbonyl (C=O) groups is 2. The first-order valence-electron chi connectivity index (χ1n) is 6.57. The summed E-state index contributed by atoms with van der Waals surface area (Å²) in [6.07, 6.45) is 2.72. The third-order valence-electron chi connectivity index (χ3n) is 3.34. The van der Waals surface area contributed by atoms with Crippen molar-refractivity contribution in [3.8, 4) is 5.75 Å². The van der Waals surface area contributed by atoms with E-state index in [9.17, 15) is 9.59 Å². The molecule has 102 valence electrons. The molecule has 0 bridgehead atoms. The second kappa shape index (κ2) is 5.87. The summed E-state index contributed by atoms with van der Waals surface area (Å²) < 4.78 is 5.67. The first kappa shape index (κ1) is 13.6. The van der Waals surface area contributed by atoms with Gasteiger partial charge in [0.25, 0.3) is 0 Å². The lowest BCUT2D eigenvalue weighted by molar-refractivity contribution is -0.129. The van der Waals surface area contributed by atoms with E-state index in [4.69, 9.17) is 4.74 Å². The van der Waals surface area contributed by atoms with Crippen molar-refractivity contribution in [3.05, 3.63) is 29.3 Å². The van der Waals surface area contributed by atoms with Gasteiger partial charge in [-0.15, -0.1) is 0 Å². The highest BCUT2D eigenvalue weighted by molar-refractivity contribution is 5.99. The van der Waals surface area contributed by atoms with Crippen LogP contribution in [0.15, 0.2) is 18.2 Å². The van der Waals surface area contributed by atoms with Crippen LogP contribution in [-0.4, -0.2) is 37.3 Å². The van der Waals surface area contributed by atoms with Gasteiger partial charge in [-0.05, 0) is 18.9 Å². The Bertz CT molecular complexity index is 494. The van der Waals surface area contributed by atoms with E-state index in [1.165, 1.54) is 0 Å². The lowest BCUT2D eigenvalue weighted by Gasteiger charge is -2.19. The van der Waals surface area contributed by atoms with Gasteiger partial charge in [0.15, 0.2) is 5.78 Å². The molecule has 19 heavy (non-hydrogen) atoms. The van der Waals surface area contributed by atoms with Crippen molar-refractivity contribution < 1.29 is 14.3 Å². The summed E-state index contributed by atoms with van der Waals surface area (Å²) in [5.74, 6) is 0.981. The Morgan fingerprint density at radius 3 is 2.84 bits per heavy atom. The fraction of sp³-hybridized carbons (Fsp3) is 0.467. The third kappa shape index (κ3) is 3.13. The standard InChI is InChI=1S/C15H19NO3/c1-16(2)15(18)9-10-19-14-8-4-5-11-12(14)6-3-7-13(11)17/h4-5,8H,3,6-7,9-10H2,1-2H3. The summed E-state index contributed by atoms with van der Waals surface area (Å²) in [5, 5.41) is 0. The van der Waals surface area contributed by atoms with E-state index in [0.29, 0.717) is 19.4 Å². The number of rotatable bonds is 4. The van der Waals surface area contributed by atoms with Crippen LogP contribution in [0.5, 0.6) is 5.75 Å². The van der Waals surface area contributed by atoms with Crippen LogP contribution in [0.4, 0.5) is 0 Å². The van der Waals surface area contributed by atoms with Gasteiger partial charge in [-0.1, -0.05) is 12.1 Å². The number of carbonyl (C=O) groups excluding carboxylic acids is 2. The average molecular weight is 261 g/mol. The molecule has 0 N–H and O–H groups in total. The first-order valence-corrected chi connectivity index (χ1v) is 6.57. The lowest BCUT2D eigenvalue weighted by atomic mass is 9.90. The smallest absolute Gasteiger partial charge is 0.225 e. The van der Waals surface area contributed by atoms with Crippen molar-refractivity contribution in [2.75, 3.05) is 20.7 Å². The minimum Gasteiger partial charge on any atom is -0.493 e. The number of Topliss-reactive ketones (excluding diaryl/α,β-unsaturated/α-hetero) is 1. The molecular formula is C15H19NO3. The summed E-state index contributed by atoms with van der Waals surface area (Å²) in [5.41, 5.74) is 1.78. The molecule has 1 aliphatic carbocycles. The molecule has 0 spiro atoms. The van der Waals surface area contributed by atoms with Crippen LogP contribution >= 0.6 is 0 Å². The number of ether oxygens (including phenoxy) is 1. The van der Waals surface area contributed by atoms with Crippen LogP contribution in [0.2, 0.25) is 0 Å². The molecule has 1 aromatic rings. The zero-order valence-electron chi connectivity index (χ0n) is 11.4. The minimum atomic E-state index is 0.0425. The van der Waals surface area contributed by atoms with Gasteiger partial charge in [0, 0.05) is 31.6 Å². The molecule has 1 aliphatic rings. The number of hydrogen-bond donors (Lipinski definition) is 0. The summed E-state index contributed by atoms with van der Waals surface area (Å²) in [6.45, 7) is 0.349. The van der Waals surface area contributed by atoms with Gasteiger partial charge in [0.2, 0.25) is 5.91 Å². The Morgan fingerprint density at radius 2 is 2.11 bits per heavy atom. The predicted molar refractivity (Wildman–Crippen MR) is 72.5 cm³/mol. The van der Waals surface area contributed by atoms with E-state index >= 15 is 0 Å². The summed E-state index contributed by atoms with van der Waals surface area (Å²) >= 11 is 0. The molecule has 0 saturated carbocycles. The molecule has 0 fully saturated rings. The maximum absolute atomic E-state index is 11.8. The minimum absolute atomic E-state index is 0.0425. The lowest BCUT2D eigenvalue weighted by Crippen LogP contribution is -2.23. The van der Waals surface area contributed by atoms with Gasteiger partial charge >= 0.3 is 0 Å². The van der Waals surface area contributed by atoms with Gasteiger partial charge in [0.05, 0.1) is 13.0 Å². The van der Waals surface area contributed by atoms with Gasteiger partial charge in [-0.2, -0.15) is 0 Å². The Labute approximate surface area is 113 Å². The predicted octanol–water partition coefficient (Wildman–Crippen LogP) is 2.06. The largest absolute Gasteiger partial charge is 0.493 e. The summed E-state index contributed by atoms with van der Waals surface area (Å²) in [4.78, 5) is 24.8. The third-order valence-corrected chi connectivity index (χ3v) is 3.34. The SMILES string of the molecule is CN(C)C(=O)CCOc1cccc2c1CCCC2=O. The molecule has 0 aliphatic heterocycles. The Hall–Kier alpha value is -1.84. The molecule has 0 radical (unpaired) electrons. The van der Waals surface area contributed by atoms with Gasteiger partial charge in [0.1, 0.15) is 5.75 Å². The van der Waals surface area contributed by atoms with Crippen molar-refractivity contribution in [1.82, 2.24) is 4.90 Å². The quantitative estimate of drug-likeness (QED) is 0.833. The molecule has 0 atom stereocenters. The van der Waals surface area contributed by atoms with E-state index in [1.807, 2.05) is 18.2 Å². The molecule has 0 heterocycles. The second-order valence-corrected chi connectivity index (χ2v) is 4.95. The Balaban J connectivity index is 2.03. The van der Waals surface area contributed by atoms with Crippen molar-refractivity contribution >= 4 is 11.7 Å². The highest BCUT2D eigenvalue weighted by Gasteiger charge is 2.20. The van der Waals surface area contributed by atoms with Crippen molar-refractivity contribution in [3.63, 3.8) is 0 Å². The molecule has 0 saturated heterocycles. The molecule has 1 aromatic carbocycles. The summed E-state index contributed by atoms with van der Waals surface area (Å²) in [6, 6.07) is 5.57. The molecule has 4 nitrogen and oxygen atoms in total. The molecule has 2 rings (SSSR count). The van der Waals surface area contributed by atoms with Gasteiger partial charge < -0.3 is 9.64 Å². The molecule has 0 unspecified atom stereocenters. The number of amides is 1. The fourth-order valence-corrected chi connectivity index (χ4v) is 2.25. The zero-order valence-corrected chi connectivity index (χ0v) is 11.4. The second-order valence-electron chi connectivity index (χ2n) is 4.95. The van der Waals surface area contributed by atoms with E-state index in [-0.39, 0.29) is 11.7 Å². The highest BCUT2D eigenvalue weighted by atomic mass is 16.5. The fourth-order valence-electron chi connectivity index (χ4n) is 2.25. The van der Waals surface area contributed by atoms with E-state index in [2.05, 4.69) is 0 Å². The van der Waals surface area contributed by atoms with Crippen LogP contribution in [-0.2, 0) is 11.2 Å². The summed E-state index contributed by atoms with van der Waals surface area (Å²) in [7, 11) is 3.46. The molecule has 1 amide bonds. The normalized spacial score (nSPS) is 13.9. The number of benzene rings is 1. The van der Waals surface area contributed by atoms with Crippen LogP contribution < -0.4 is 4.74 Å². The molecule has 0 aromatic heterocycles. The van der Waals surface area contributed by atoms with Gasteiger partial charge in [-0.3, -0.25) is 9.59 Å². The average Bonchev–Trinajstić information content (AvgIpc) is 2.39. The Morgan fingerprint density at radius 1 is 1.32 bits per heavy atom.